The number of amides is 1. The average Bonchev–Trinajstić information content (AvgIpc) is 2.64. The SMILES string of the molecule is Cc1nc(CNC(=O)C2(C(N)=NO)CCC2)oc1C. The summed E-state index contributed by atoms with van der Waals surface area (Å²) in [6, 6.07) is 0. The molecule has 1 aliphatic carbocycles. The summed E-state index contributed by atoms with van der Waals surface area (Å²) < 4.78 is 5.38. The minimum Gasteiger partial charge on any atom is -0.444 e. The van der Waals surface area contributed by atoms with Crippen molar-refractivity contribution in [1.29, 1.82) is 0 Å². The van der Waals surface area contributed by atoms with Gasteiger partial charge in [-0.1, -0.05) is 11.6 Å². The van der Waals surface area contributed by atoms with Crippen molar-refractivity contribution in [2.45, 2.75) is 39.7 Å². The van der Waals surface area contributed by atoms with Crippen LogP contribution in [0.4, 0.5) is 0 Å². The van der Waals surface area contributed by atoms with Crippen molar-refractivity contribution in [3.8, 4) is 0 Å². The normalized spacial score (nSPS) is 17.9. The van der Waals surface area contributed by atoms with Gasteiger partial charge in [0.2, 0.25) is 11.8 Å². The quantitative estimate of drug-likeness (QED) is 0.323. The minimum atomic E-state index is -0.870. The molecule has 1 heterocycles. The lowest BCUT2D eigenvalue weighted by molar-refractivity contribution is -0.131. The summed E-state index contributed by atoms with van der Waals surface area (Å²) in [5, 5.41) is 14.5. The van der Waals surface area contributed by atoms with Crippen LogP contribution >= 0.6 is 0 Å². The summed E-state index contributed by atoms with van der Waals surface area (Å²) in [5.41, 5.74) is 5.55. The van der Waals surface area contributed by atoms with Gasteiger partial charge in [0.25, 0.3) is 0 Å². The largest absolute Gasteiger partial charge is 0.444 e. The van der Waals surface area contributed by atoms with Crippen LogP contribution in [0.15, 0.2) is 9.57 Å². The van der Waals surface area contributed by atoms with E-state index in [2.05, 4.69) is 15.5 Å². The number of hydrogen-bond acceptors (Lipinski definition) is 5. The number of amidine groups is 1. The first-order chi connectivity index (χ1) is 8.99. The third-order valence-electron chi connectivity index (χ3n) is 3.71. The lowest BCUT2D eigenvalue weighted by atomic mass is 9.67. The third-order valence-corrected chi connectivity index (χ3v) is 3.71. The maximum absolute atomic E-state index is 12.2. The molecule has 0 radical (unpaired) electrons. The maximum Gasteiger partial charge on any atom is 0.234 e. The molecule has 0 atom stereocenters. The van der Waals surface area contributed by atoms with Gasteiger partial charge in [0, 0.05) is 0 Å². The summed E-state index contributed by atoms with van der Waals surface area (Å²) in [6.07, 6.45) is 2.08. The highest BCUT2D eigenvalue weighted by Gasteiger charge is 2.48. The Hall–Kier alpha value is -2.05. The van der Waals surface area contributed by atoms with Crippen LogP contribution in [0.3, 0.4) is 0 Å². The summed E-state index contributed by atoms with van der Waals surface area (Å²) >= 11 is 0. The highest BCUT2D eigenvalue weighted by molar-refractivity contribution is 6.07. The highest BCUT2D eigenvalue weighted by atomic mass is 16.4. The maximum atomic E-state index is 12.2. The molecule has 1 aromatic rings. The molecule has 7 heteroatoms. The van der Waals surface area contributed by atoms with Crippen LogP contribution in [0.2, 0.25) is 0 Å². The smallest absolute Gasteiger partial charge is 0.234 e. The van der Waals surface area contributed by atoms with Gasteiger partial charge >= 0.3 is 0 Å². The molecule has 0 aromatic carbocycles. The van der Waals surface area contributed by atoms with Crippen LogP contribution in [-0.2, 0) is 11.3 Å². The van der Waals surface area contributed by atoms with E-state index >= 15 is 0 Å². The summed E-state index contributed by atoms with van der Waals surface area (Å²) in [7, 11) is 0. The molecule has 0 unspecified atom stereocenters. The number of oxime groups is 1. The van der Waals surface area contributed by atoms with Gasteiger partial charge in [-0.25, -0.2) is 4.98 Å². The Morgan fingerprint density at radius 3 is 2.68 bits per heavy atom. The van der Waals surface area contributed by atoms with E-state index in [4.69, 9.17) is 15.4 Å². The fourth-order valence-electron chi connectivity index (χ4n) is 2.17. The lowest BCUT2D eigenvalue weighted by Gasteiger charge is -2.38. The van der Waals surface area contributed by atoms with E-state index in [1.165, 1.54) is 0 Å². The molecule has 7 nitrogen and oxygen atoms in total. The molecule has 19 heavy (non-hydrogen) atoms. The van der Waals surface area contributed by atoms with E-state index in [9.17, 15) is 4.79 Å². The Morgan fingerprint density at radius 2 is 2.26 bits per heavy atom. The van der Waals surface area contributed by atoms with Gasteiger partial charge in [0.05, 0.1) is 12.2 Å². The predicted octanol–water partition coefficient (Wildman–Crippen LogP) is 0.824. The third kappa shape index (κ3) is 2.27. The van der Waals surface area contributed by atoms with Crippen LogP contribution in [0.1, 0.15) is 36.6 Å². The topological polar surface area (TPSA) is 114 Å². The van der Waals surface area contributed by atoms with Gasteiger partial charge in [-0.05, 0) is 26.7 Å². The fraction of sp³-hybridized carbons (Fsp3) is 0.583. The molecule has 0 saturated heterocycles. The Morgan fingerprint density at radius 1 is 1.58 bits per heavy atom. The van der Waals surface area contributed by atoms with Crippen molar-refractivity contribution in [2.75, 3.05) is 0 Å². The molecule has 2 rings (SSSR count). The van der Waals surface area contributed by atoms with Gasteiger partial charge < -0.3 is 20.7 Å². The van der Waals surface area contributed by atoms with Crippen LogP contribution in [-0.4, -0.2) is 21.9 Å². The van der Waals surface area contributed by atoms with Crippen molar-refractivity contribution >= 4 is 11.7 Å². The Kier molecular flexibility index (Phi) is 3.46. The Labute approximate surface area is 110 Å². The van der Waals surface area contributed by atoms with Crippen molar-refractivity contribution < 1.29 is 14.4 Å². The molecular weight excluding hydrogens is 248 g/mol. The number of oxazole rings is 1. The lowest BCUT2D eigenvalue weighted by Crippen LogP contribution is -2.53. The number of carbonyl (C=O) groups is 1. The van der Waals surface area contributed by atoms with Gasteiger partial charge in [-0.15, -0.1) is 0 Å². The van der Waals surface area contributed by atoms with E-state index in [1.807, 2.05) is 13.8 Å². The van der Waals surface area contributed by atoms with E-state index in [0.717, 1.165) is 17.9 Å². The molecule has 1 aliphatic rings. The van der Waals surface area contributed by atoms with Crippen molar-refractivity contribution in [3.05, 3.63) is 17.3 Å². The second-order valence-electron chi connectivity index (χ2n) is 4.85. The average molecular weight is 266 g/mol. The van der Waals surface area contributed by atoms with Gasteiger partial charge in [-0.3, -0.25) is 4.79 Å². The molecule has 4 N–H and O–H groups in total. The molecule has 0 spiro atoms. The highest BCUT2D eigenvalue weighted by Crippen LogP contribution is 2.41. The molecule has 0 bridgehead atoms. The zero-order chi connectivity index (χ0) is 14.0. The first-order valence-corrected chi connectivity index (χ1v) is 6.19. The van der Waals surface area contributed by atoms with Crippen LogP contribution < -0.4 is 11.1 Å². The number of nitrogens with zero attached hydrogens (tertiary/aromatic N) is 2. The number of nitrogens with one attached hydrogen (secondary N) is 1. The van der Waals surface area contributed by atoms with Gasteiger partial charge in [0.1, 0.15) is 11.2 Å². The Balaban J connectivity index is 2.01. The summed E-state index contributed by atoms with van der Waals surface area (Å²) in [5.74, 6) is 0.912. The molecule has 1 saturated carbocycles. The van der Waals surface area contributed by atoms with Crippen molar-refractivity contribution in [3.63, 3.8) is 0 Å². The van der Waals surface area contributed by atoms with E-state index < -0.39 is 5.41 Å². The van der Waals surface area contributed by atoms with E-state index in [-0.39, 0.29) is 18.3 Å². The summed E-state index contributed by atoms with van der Waals surface area (Å²) in [4.78, 5) is 16.3. The first kappa shape index (κ1) is 13.4. The van der Waals surface area contributed by atoms with Gasteiger partial charge in [-0.2, -0.15) is 0 Å². The van der Waals surface area contributed by atoms with E-state index in [1.54, 1.807) is 0 Å². The molecule has 1 fully saturated rings. The number of rotatable bonds is 4. The monoisotopic (exact) mass is 266 g/mol. The molecule has 1 aromatic heterocycles. The first-order valence-electron chi connectivity index (χ1n) is 6.19. The number of aromatic nitrogens is 1. The van der Waals surface area contributed by atoms with Crippen molar-refractivity contribution in [1.82, 2.24) is 10.3 Å². The van der Waals surface area contributed by atoms with Crippen LogP contribution in [0, 0.1) is 19.3 Å². The van der Waals surface area contributed by atoms with Crippen LogP contribution in [0.5, 0.6) is 0 Å². The zero-order valence-corrected chi connectivity index (χ0v) is 11.1. The molecule has 104 valence electrons. The number of nitrogens with two attached hydrogens (primary N) is 1. The fourth-order valence-corrected chi connectivity index (χ4v) is 2.17. The zero-order valence-electron chi connectivity index (χ0n) is 11.1. The number of carbonyl (C=O) groups excluding carboxylic acids is 1. The van der Waals surface area contributed by atoms with Crippen LogP contribution in [0.25, 0.3) is 0 Å². The Bertz CT molecular complexity index is 498. The molecule has 1 amide bonds. The number of aryl methyl sites for hydroxylation is 2. The predicted molar refractivity (Wildman–Crippen MR) is 67.5 cm³/mol. The standard InChI is InChI=1S/C12H18N4O3/c1-7-8(2)19-9(15-7)6-14-11(17)12(4-3-5-12)10(13)16-18/h18H,3-6H2,1-2H3,(H2,13,16)(H,14,17). The second-order valence-corrected chi connectivity index (χ2v) is 4.85. The van der Waals surface area contributed by atoms with E-state index in [0.29, 0.717) is 18.7 Å². The minimum absolute atomic E-state index is 0.0315. The van der Waals surface area contributed by atoms with Gasteiger partial charge in [0.15, 0.2) is 5.84 Å². The molecule has 0 aliphatic heterocycles. The van der Waals surface area contributed by atoms with Crippen molar-refractivity contribution in [2.24, 2.45) is 16.3 Å². The number of hydrogen-bond donors (Lipinski definition) is 3. The molecular formula is C12H18N4O3. The summed E-state index contributed by atoms with van der Waals surface area (Å²) in [6.45, 7) is 3.86. The second kappa shape index (κ2) is 4.91.